The van der Waals surface area contributed by atoms with E-state index in [4.69, 9.17) is 5.73 Å². The van der Waals surface area contributed by atoms with Gasteiger partial charge in [-0.25, -0.2) is 4.79 Å². The number of aliphatic carboxylic acids is 1. The van der Waals surface area contributed by atoms with Gasteiger partial charge in [0.25, 0.3) is 0 Å². The van der Waals surface area contributed by atoms with E-state index in [1.165, 1.54) is 5.56 Å². The largest absolute Gasteiger partial charge is 0.479 e. The highest BCUT2D eigenvalue weighted by Crippen LogP contribution is 2.28. The van der Waals surface area contributed by atoms with E-state index in [2.05, 4.69) is 4.98 Å². The van der Waals surface area contributed by atoms with Crippen LogP contribution >= 0.6 is 0 Å². The van der Waals surface area contributed by atoms with Crippen molar-refractivity contribution in [3.8, 4) is 0 Å². The van der Waals surface area contributed by atoms with Crippen LogP contribution in [-0.2, 0) is 24.1 Å². The Hall–Kier alpha value is -1.46. The minimum absolute atomic E-state index is 0.0284. The second-order valence-corrected chi connectivity index (χ2v) is 6.39. The molecule has 1 aromatic heterocycles. The van der Waals surface area contributed by atoms with E-state index in [9.17, 15) is 15.0 Å². The van der Waals surface area contributed by atoms with Crippen molar-refractivity contribution in [1.82, 2.24) is 4.98 Å². The third-order valence-electron chi connectivity index (χ3n) is 4.26. The number of hydrogen-bond donors (Lipinski definition) is 3. The molecule has 0 spiro atoms. The average Bonchev–Trinajstić information content (AvgIpc) is 2.86. The highest BCUT2D eigenvalue weighted by molar-refractivity contribution is 5.78. The van der Waals surface area contributed by atoms with Gasteiger partial charge in [0, 0.05) is 24.4 Å². The third-order valence-corrected chi connectivity index (χ3v) is 4.26. The van der Waals surface area contributed by atoms with Gasteiger partial charge < -0.3 is 15.9 Å². The maximum Gasteiger partial charge on any atom is 0.337 e. The molecule has 21 heavy (non-hydrogen) atoms. The Morgan fingerprint density at radius 1 is 1.48 bits per heavy atom. The third kappa shape index (κ3) is 3.24. The lowest BCUT2D eigenvalue weighted by Crippen LogP contribution is -2.56. The average molecular weight is 292 g/mol. The van der Waals surface area contributed by atoms with E-state index >= 15 is 0 Å². The Labute approximate surface area is 125 Å². The Morgan fingerprint density at radius 2 is 2.19 bits per heavy atom. The van der Waals surface area contributed by atoms with Gasteiger partial charge in [0.2, 0.25) is 0 Å². The molecule has 1 aliphatic rings. The topological polar surface area (TPSA) is 96.4 Å². The number of aromatic nitrogens is 1. The number of aryl methyl sites for hydroxylation is 1. The molecule has 0 radical (unpaired) electrons. The van der Waals surface area contributed by atoms with Crippen LogP contribution in [-0.4, -0.2) is 32.8 Å². The second kappa shape index (κ2) is 6.12. The van der Waals surface area contributed by atoms with Crippen molar-refractivity contribution in [3.05, 3.63) is 29.1 Å². The maximum absolute atomic E-state index is 11.6. The summed E-state index contributed by atoms with van der Waals surface area (Å²) in [7, 11) is 0. The van der Waals surface area contributed by atoms with Gasteiger partial charge in [0.15, 0.2) is 5.60 Å². The molecule has 0 aromatic carbocycles. The standard InChI is InChI=1S/C16H24N2O3/c1-10(2)8-14(17)16(21,15(19)20)9-13-12-5-3-4-11(12)6-7-18-13/h6-7,10,14,21H,3-5,8-9,17H2,1-2H3,(H,19,20)/t14-,16+/m0/s1. The number of carboxylic acids is 1. The van der Waals surface area contributed by atoms with Crippen LogP contribution in [0.2, 0.25) is 0 Å². The molecule has 0 saturated heterocycles. The molecule has 5 nitrogen and oxygen atoms in total. The summed E-state index contributed by atoms with van der Waals surface area (Å²) in [5.41, 5.74) is 7.01. The first kappa shape index (κ1) is 15.9. The number of pyridine rings is 1. The molecule has 116 valence electrons. The molecule has 0 saturated carbocycles. The lowest BCUT2D eigenvalue weighted by atomic mass is 9.83. The fraction of sp³-hybridized carbons (Fsp3) is 0.625. The van der Waals surface area contributed by atoms with Crippen LogP contribution in [0, 0.1) is 5.92 Å². The molecule has 4 N–H and O–H groups in total. The van der Waals surface area contributed by atoms with E-state index in [0.29, 0.717) is 12.1 Å². The van der Waals surface area contributed by atoms with Crippen molar-refractivity contribution in [1.29, 1.82) is 0 Å². The van der Waals surface area contributed by atoms with E-state index in [0.717, 1.165) is 24.8 Å². The van der Waals surface area contributed by atoms with Crippen LogP contribution < -0.4 is 5.73 Å². The van der Waals surface area contributed by atoms with E-state index < -0.39 is 17.6 Å². The predicted octanol–water partition coefficient (Wildman–Crippen LogP) is 1.30. The highest BCUT2D eigenvalue weighted by atomic mass is 16.4. The van der Waals surface area contributed by atoms with Crippen molar-refractivity contribution in [3.63, 3.8) is 0 Å². The Bertz CT molecular complexity index is 530. The van der Waals surface area contributed by atoms with Crippen LogP contribution in [0.15, 0.2) is 12.3 Å². The van der Waals surface area contributed by atoms with Crippen LogP contribution in [0.5, 0.6) is 0 Å². The first-order valence-corrected chi connectivity index (χ1v) is 7.51. The normalized spacial score (nSPS) is 18.3. The Balaban J connectivity index is 2.28. The minimum Gasteiger partial charge on any atom is -0.479 e. The number of hydrogen-bond acceptors (Lipinski definition) is 4. The van der Waals surface area contributed by atoms with Crippen LogP contribution in [0.1, 0.15) is 43.5 Å². The van der Waals surface area contributed by atoms with Crippen molar-refractivity contribution < 1.29 is 15.0 Å². The monoisotopic (exact) mass is 292 g/mol. The molecule has 5 heteroatoms. The molecule has 0 amide bonds. The lowest BCUT2D eigenvalue weighted by molar-refractivity contribution is -0.161. The molecule has 1 aliphatic carbocycles. The summed E-state index contributed by atoms with van der Waals surface area (Å²) in [4.78, 5) is 15.9. The van der Waals surface area contributed by atoms with E-state index in [1.807, 2.05) is 19.9 Å². The van der Waals surface area contributed by atoms with Gasteiger partial charge in [-0.1, -0.05) is 13.8 Å². The zero-order valence-electron chi connectivity index (χ0n) is 12.7. The first-order chi connectivity index (χ1) is 9.84. The number of aliphatic hydroxyl groups is 1. The maximum atomic E-state index is 11.6. The van der Waals surface area contributed by atoms with Gasteiger partial charge in [-0.3, -0.25) is 4.98 Å². The quantitative estimate of drug-likeness (QED) is 0.734. The smallest absolute Gasteiger partial charge is 0.337 e. The molecule has 0 aliphatic heterocycles. The van der Waals surface area contributed by atoms with Gasteiger partial charge >= 0.3 is 5.97 Å². The molecule has 0 bridgehead atoms. The summed E-state index contributed by atoms with van der Waals surface area (Å²) < 4.78 is 0. The van der Waals surface area contributed by atoms with Crippen LogP contribution in [0.3, 0.4) is 0 Å². The summed E-state index contributed by atoms with van der Waals surface area (Å²) in [5, 5.41) is 20.1. The summed E-state index contributed by atoms with van der Waals surface area (Å²) in [6.45, 7) is 3.92. The van der Waals surface area contributed by atoms with Gasteiger partial charge in [-0.2, -0.15) is 0 Å². The minimum atomic E-state index is -1.96. The molecular weight excluding hydrogens is 268 g/mol. The molecule has 1 heterocycles. The second-order valence-electron chi connectivity index (χ2n) is 6.39. The van der Waals surface area contributed by atoms with Crippen molar-refractivity contribution in [2.75, 3.05) is 0 Å². The van der Waals surface area contributed by atoms with Gasteiger partial charge in [-0.15, -0.1) is 0 Å². The first-order valence-electron chi connectivity index (χ1n) is 7.51. The summed E-state index contributed by atoms with van der Waals surface area (Å²) >= 11 is 0. The predicted molar refractivity (Wildman–Crippen MR) is 80.0 cm³/mol. The highest BCUT2D eigenvalue weighted by Gasteiger charge is 2.43. The number of nitrogens with zero attached hydrogens (tertiary/aromatic N) is 1. The van der Waals surface area contributed by atoms with Crippen LogP contribution in [0.25, 0.3) is 0 Å². The fourth-order valence-corrected chi connectivity index (χ4v) is 3.05. The zero-order valence-corrected chi connectivity index (χ0v) is 12.7. The molecule has 1 aromatic rings. The number of nitrogens with two attached hydrogens (primary N) is 1. The van der Waals surface area contributed by atoms with Crippen molar-refractivity contribution in [2.45, 2.75) is 57.6 Å². The molecular formula is C16H24N2O3. The SMILES string of the molecule is CC(C)C[C@H](N)[C@](O)(Cc1nccc2c1CCC2)C(=O)O. The van der Waals surface area contributed by atoms with Crippen LogP contribution in [0.4, 0.5) is 0 Å². The Morgan fingerprint density at radius 3 is 2.81 bits per heavy atom. The van der Waals surface area contributed by atoms with E-state index in [1.54, 1.807) is 6.20 Å². The molecule has 2 atom stereocenters. The summed E-state index contributed by atoms with van der Waals surface area (Å²) in [6, 6.07) is 1.16. The van der Waals surface area contributed by atoms with Gasteiger partial charge in [-0.05, 0) is 48.8 Å². The lowest BCUT2D eigenvalue weighted by Gasteiger charge is -2.31. The summed E-state index contributed by atoms with van der Waals surface area (Å²) in [5.74, 6) is -1.05. The van der Waals surface area contributed by atoms with Crippen molar-refractivity contribution in [2.24, 2.45) is 11.7 Å². The number of rotatable bonds is 6. The number of fused-ring (bicyclic) bond motifs is 1. The molecule has 0 unspecified atom stereocenters. The van der Waals surface area contributed by atoms with E-state index in [-0.39, 0.29) is 12.3 Å². The number of carbonyl (C=O) groups is 1. The fourth-order valence-electron chi connectivity index (χ4n) is 3.05. The molecule has 0 fully saturated rings. The van der Waals surface area contributed by atoms with Gasteiger partial charge in [0.1, 0.15) is 0 Å². The van der Waals surface area contributed by atoms with Crippen molar-refractivity contribution >= 4 is 5.97 Å². The zero-order chi connectivity index (χ0) is 15.6. The molecule has 2 rings (SSSR count). The van der Waals surface area contributed by atoms with Gasteiger partial charge in [0.05, 0.1) is 0 Å². The Kier molecular flexibility index (Phi) is 4.64. The summed E-state index contributed by atoms with van der Waals surface area (Å²) in [6.07, 6.45) is 5.06. The number of carboxylic acid groups (broad SMARTS) is 1.